The summed E-state index contributed by atoms with van der Waals surface area (Å²) >= 11 is 0. The van der Waals surface area contributed by atoms with Crippen molar-refractivity contribution in [3.05, 3.63) is 23.7 Å². The molecule has 2 heterocycles. The number of hydrogen-bond acceptors (Lipinski definition) is 4. The molecule has 2 N–H and O–H groups in total. The number of guanidine groups is 1. The van der Waals surface area contributed by atoms with Gasteiger partial charge < -0.3 is 15.1 Å². The van der Waals surface area contributed by atoms with E-state index in [-0.39, 0.29) is 17.7 Å². The number of aryl methyl sites for hydroxylation is 1. The molecule has 124 valence electrons. The number of hydrogen-bond donors (Lipinski definition) is 2. The molecule has 2 atom stereocenters. The van der Waals surface area contributed by atoms with E-state index in [0.29, 0.717) is 24.7 Å². The molecule has 2 unspecified atom stereocenters. The lowest BCUT2D eigenvalue weighted by molar-refractivity contribution is 0.441. The molecule has 0 aliphatic carbocycles. The number of aliphatic imine (C=N–C) groups is 1. The van der Waals surface area contributed by atoms with E-state index in [0.717, 1.165) is 18.1 Å². The summed E-state index contributed by atoms with van der Waals surface area (Å²) < 4.78 is 28.6. The number of nitrogens with one attached hydrogen (secondary N) is 2. The molecule has 1 aromatic rings. The smallest absolute Gasteiger partial charge is 0.191 e. The van der Waals surface area contributed by atoms with Gasteiger partial charge in [0, 0.05) is 13.1 Å². The summed E-state index contributed by atoms with van der Waals surface area (Å²) in [5.41, 5.74) is 0. The summed E-state index contributed by atoms with van der Waals surface area (Å²) in [6.07, 6.45) is 0.707. The standard InChI is InChI=1S/C15H25N3O3S/c1-4-16-15(17-9-13-7-8-22(19,20)10-13)18-12(3)14-6-5-11(2)21-14/h5-6,12-13H,4,7-10H2,1-3H3,(H2,16,17,18). The summed E-state index contributed by atoms with van der Waals surface area (Å²) in [5.74, 6) is 3.09. The minimum atomic E-state index is -2.84. The molecule has 0 radical (unpaired) electrons. The van der Waals surface area contributed by atoms with Crippen molar-refractivity contribution in [3.8, 4) is 0 Å². The van der Waals surface area contributed by atoms with Gasteiger partial charge in [-0.05, 0) is 45.2 Å². The first-order valence-corrected chi connectivity index (χ1v) is 9.53. The molecule has 0 bridgehead atoms. The fraction of sp³-hybridized carbons (Fsp3) is 0.667. The molecule has 1 aliphatic heterocycles. The second-order valence-corrected chi connectivity index (χ2v) is 8.03. The Labute approximate surface area is 132 Å². The summed E-state index contributed by atoms with van der Waals surface area (Å²) in [7, 11) is -2.84. The highest BCUT2D eigenvalue weighted by Crippen LogP contribution is 2.19. The van der Waals surface area contributed by atoms with Gasteiger partial charge in [-0.3, -0.25) is 4.99 Å². The monoisotopic (exact) mass is 327 g/mol. The Morgan fingerprint density at radius 2 is 2.27 bits per heavy atom. The fourth-order valence-corrected chi connectivity index (χ4v) is 4.37. The number of sulfone groups is 1. The molecule has 22 heavy (non-hydrogen) atoms. The summed E-state index contributed by atoms with van der Waals surface area (Å²) in [5, 5.41) is 6.47. The Hall–Kier alpha value is -1.50. The van der Waals surface area contributed by atoms with Crippen molar-refractivity contribution in [2.45, 2.75) is 33.2 Å². The number of rotatable bonds is 5. The van der Waals surface area contributed by atoms with Crippen molar-refractivity contribution < 1.29 is 12.8 Å². The molecule has 0 aromatic carbocycles. The maximum atomic E-state index is 11.5. The van der Waals surface area contributed by atoms with Crippen molar-refractivity contribution in [2.24, 2.45) is 10.9 Å². The Morgan fingerprint density at radius 3 is 2.82 bits per heavy atom. The van der Waals surface area contributed by atoms with Gasteiger partial charge in [0.05, 0.1) is 17.5 Å². The van der Waals surface area contributed by atoms with Crippen LogP contribution < -0.4 is 10.6 Å². The maximum absolute atomic E-state index is 11.5. The predicted octanol–water partition coefficient (Wildman–Crippen LogP) is 1.64. The molecule has 7 heteroatoms. The molecular weight excluding hydrogens is 302 g/mol. The molecule has 1 saturated heterocycles. The van der Waals surface area contributed by atoms with Gasteiger partial charge in [-0.1, -0.05) is 0 Å². The van der Waals surface area contributed by atoms with E-state index in [4.69, 9.17) is 4.42 Å². The van der Waals surface area contributed by atoms with Gasteiger partial charge in [0.2, 0.25) is 0 Å². The van der Waals surface area contributed by atoms with Gasteiger partial charge in [-0.2, -0.15) is 0 Å². The first kappa shape index (κ1) is 16.9. The lowest BCUT2D eigenvalue weighted by Gasteiger charge is -2.16. The van der Waals surface area contributed by atoms with Crippen molar-refractivity contribution in [1.29, 1.82) is 0 Å². The van der Waals surface area contributed by atoms with Crippen molar-refractivity contribution in [3.63, 3.8) is 0 Å². The Morgan fingerprint density at radius 1 is 1.50 bits per heavy atom. The van der Waals surface area contributed by atoms with E-state index in [9.17, 15) is 8.42 Å². The minimum absolute atomic E-state index is 0.00110. The zero-order chi connectivity index (χ0) is 16.2. The van der Waals surface area contributed by atoms with Crippen LogP contribution in [-0.4, -0.2) is 39.0 Å². The first-order valence-electron chi connectivity index (χ1n) is 7.71. The highest BCUT2D eigenvalue weighted by Gasteiger charge is 2.27. The minimum Gasteiger partial charge on any atom is -0.464 e. The Kier molecular flexibility index (Phi) is 5.50. The van der Waals surface area contributed by atoms with Crippen molar-refractivity contribution >= 4 is 15.8 Å². The molecular formula is C15H25N3O3S. The van der Waals surface area contributed by atoms with Crippen LogP contribution in [0, 0.1) is 12.8 Å². The number of nitrogens with zero attached hydrogens (tertiary/aromatic N) is 1. The molecule has 0 amide bonds. The van der Waals surface area contributed by atoms with Gasteiger partial charge in [-0.15, -0.1) is 0 Å². The quantitative estimate of drug-likeness (QED) is 0.634. The van der Waals surface area contributed by atoms with E-state index in [1.54, 1.807) is 0 Å². The van der Waals surface area contributed by atoms with Crippen LogP contribution in [0.4, 0.5) is 0 Å². The average Bonchev–Trinajstić information content (AvgIpc) is 3.02. The lowest BCUT2D eigenvalue weighted by Crippen LogP contribution is -2.39. The van der Waals surface area contributed by atoms with Crippen molar-refractivity contribution in [2.75, 3.05) is 24.6 Å². The third-order valence-corrected chi connectivity index (χ3v) is 5.56. The fourth-order valence-electron chi connectivity index (χ4n) is 2.52. The normalized spacial score (nSPS) is 22.5. The largest absolute Gasteiger partial charge is 0.464 e. The maximum Gasteiger partial charge on any atom is 0.191 e. The molecule has 1 fully saturated rings. The Bertz CT molecular complexity index is 622. The second-order valence-electron chi connectivity index (χ2n) is 5.80. The van der Waals surface area contributed by atoms with Crippen LogP contribution >= 0.6 is 0 Å². The van der Waals surface area contributed by atoms with Crippen LogP contribution in [0.3, 0.4) is 0 Å². The van der Waals surface area contributed by atoms with E-state index in [1.165, 1.54) is 0 Å². The number of furan rings is 1. The lowest BCUT2D eigenvalue weighted by atomic mass is 10.1. The molecule has 6 nitrogen and oxygen atoms in total. The van der Waals surface area contributed by atoms with Crippen LogP contribution in [0.5, 0.6) is 0 Å². The van der Waals surface area contributed by atoms with Crippen LogP contribution in [0.1, 0.15) is 37.8 Å². The summed E-state index contributed by atoms with van der Waals surface area (Å²) in [4.78, 5) is 4.52. The van der Waals surface area contributed by atoms with E-state index in [2.05, 4.69) is 15.6 Å². The molecule has 2 rings (SSSR count). The zero-order valence-electron chi connectivity index (χ0n) is 13.4. The Balaban J connectivity index is 1.95. The summed E-state index contributed by atoms with van der Waals surface area (Å²) in [6.45, 7) is 7.19. The topological polar surface area (TPSA) is 83.7 Å². The third kappa shape index (κ3) is 4.76. The van der Waals surface area contributed by atoms with E-state index >= 15 is 0 Å². The predicted molar refractivity (Wildman–Crippen MR) is 87.7 cm³/mol. The van der Waals surface area contributed by atoms with Gasteiger partial charge in [-0.25, -0.2) is 8.42 Å². The second kappa shape index (κ2) is 7.17. The van der Waals surface area contributed by atoms with E-state index < -0.39 is 9.84 Å². The molecule has 0 spiro atoms. The SMILES string of the molecule is CCNC(=NCC1CCS(=O)(=O)C1)NC(C)c1ccc(C)o1. The highest BCUT2D eigenvalue weighted by molar-refractivity contribution is 7.91. The first-order chi connectivity index (χ1) is 10.4. The van der Waals surface area contributed by atoms with E-state index in [1.807, 2.05) is 32.9 Å². The van der Waals surface area contributed by atoms with Crippen LogP contribution in [-0.2, 0) is 9.84 Å². The summed E-state index contributed by atoms with van der Waals surface area (Å²) in [6, 6.07) is 3.87. The van der Waals surface area contributed by atoms with Crippen LogP contribution in [0.2, 0.25) is 0 Å². The average molecular weight is 327 g/mol. The molecule has 0 saturated carbocycles. The van der Waals surface area contributed by atoms with Gasteiger partial charge in [0.15, 0.2) is 15.8 Å². The molecule has 1 aromatic heterocycles. The zero-order valence-corrected chi connectivity index (χ0v) is 14.2. The van der Waals surface area contributed by atoms with Gasteiger partial charge in [0.25, 0.3) is 0 Å². The van der Waals surface area contributed by atoms with Gasteiger partial charge >= 0.3 is 0 Å². The van der Waals surface area contributed by atoms with Crippen molar-refractivity contribution in [1.82, 2.24) is 10.6 Å². The van der Waals surface area contributed by atoms with Crippen LogP contribution in [0.25, 0.3) is 0 Å². The molecule has 1 aliphatic rings. The van der Waals surface area contributed by atoms with Crippen LogP contribution in [0.15, 0.2) is 21.5 Å². The van der Waals surface area contributed by atoms with Gasteiger partial charge in [0.1, 0.15) is 11.5 Å². The third-order valence-electron chi connectivity index (χ3n) is 3.72. The highest BCUT2D eigenvalue weighted by atomic mass is 32.2.